The van der Waals surface area contributed by atoms with Crippen molar-refractivity contribution in [3.8, 4) is 0 Å². The summed E-state index contributed by atoms with van der Waals surface area (Å²) < 4.78 is 14.2. The van der Waals surface area contributed by atoms with Gasteiger partial charge >= 0.3 is 0 Å². The lowest BCUT2D eigenvalue weighted by atomic mass is 9.75. The molecule has 1 saturated heterocycles. The van der Waals surface area contributed by atoms with Gasteiger partial charge in [-0.2, -0.15) is 0 Å². The van der Waals surface area contributed by atoms with Crippen LogP contribution in [0.15, 0.2) is 48.8 Å². The monoisotopic (exact) mass is 449 g/mol. The molecule has 33 heavy (non-hydrogen) atoms. The maximum absolute atomic E-state index is 14.2. The fourth-order valence-electron chi connectivity index (χ4n) is 5.33. The summed E-state index contributed by atoms with van der Waals surface area (Å²) in [5.74, 6) is -0.401. The number of hydrogen-bond acceptors (Lipinski definition) is 4. The fourth-order valence-corrected chi connectivity index (χ4v) is 5.33. The zero-order valence-corrected chi connectivity index (χ0v) is 18.7. The Balaban J connectivity index is 1.46. The quantitative estimate of drug-likeness (QED) is 0.579. The van der Waals surface area contributed by atoms with Crippen molar-refractivity contribution >= 4 is 17.7 Å². The molecule has 2 aliphatic carbocycles. The minimum absolute atomic E-state index is 0.0827. The molecule has 1 aromatic carbocycles. The Morgan fingerprint density at radius 2 is 1.91 bits per heavy atom. The van der Waals surface area contributed by atoms with Gasteiger partial charge < -0.3 is 4.90 Å². The van der Waals surface area contributed by atoms with E-state index in [4.69, 9.17) is 0 Å². The van der Waals surface area contributed by atoms with Crippen LogP contribution in [0.2, 0.25) is 0 Å². The maximum Gasteiger partial charge on any atom is 0.241 e. The summed E-state index contributed by atoms with van der Waals surface area (Å²) >= 11 is 0. The molecule has 3 aliphatic rings. The number of benzene rings is 1. The number of halogens is 1. The number of carbonyl (C=O) groups excluding carboxylic acids is 3. The number of pyridine rings is 1. The van der Waals surface area contributed by atoms with Crippen LogP contribution in [0.4, 0.5) is 4.39 Å². The number of likely N-dealkylation sites (tertiary alicyclic amines) is 1. The summed E-state index contributed by atoms with van der Waals surface area (Å²) in [6.45, 7) is 0.0827. The zero-order valence-electron chi connectivity index (χ0n) is 18.7. The van der Waals surface area contributed by atoms with E-state index < -0.39 is 17.1 Å². The molecule has 5 rings (SSSR count). The van der Waals surface area contributed by atoms with Crippen molar-refractivity contribution < 1.29 is 18.8 Å². The van der Waals surface area contributed by atoms with Gasteiger partial charge in [-0.25, -0.2) is 4.39 Å². The number of hydrogen-bond donors (Lipinski definition) is 0. The van der Waals surface area contributed by atoms with Crippen LogP contribution in [0.25, 0.3) is 0 Å². The molecule has 3 amide bonds. The van der Waals surface area contributed by atoms with Gasteiger partial charge in [0.1, 0.15) is 5.82 Å². The average molecular weight is 450 g/mol. The van der Waals surface area contributed by atoms with Gasteiger partial charge in [-0.15, -0.1) is 0 Å². The molecule has 172 valence electrons. The van der Waals surface area contributed by atoms with Gasteiger partial charge in [0, 0.05) is 38.3 Å². The SMILES string of the molecule is CN(C(=O)CC1(c2cccc(F)c2)CC(=O)N(Cc2cccnc2)C1=O)C(C1CC1)C1CC1. The Morgan fingerprint density at radius 3 is 2.52 bits per heavy atom. The number of aromatic nitrogens is 1. The molecule has 2 saturated carbocycles. The number of rotatable bonds is 8. The molecule has 2 aromatic rings. The van der Waals surface area contributed by atoms with E-state index in [1.54, 1.807) is 35.5 Å². The minimum atomic E-state index is -1.40. The van der Waals surface area contributed by atoms with Crippen LogP contribution in [0.3, 0.4) is 0 Å². The van der Waals surface area contributed by atoms with Gasteiger partial charge in [0.15, 0.2) is 0 Å². The van der Waals surface area contributed by atoms with Crippen LogP contribution in [-0.4, -0.2) is 45.6 Å². The summed E-state index contributed by atoms with van der Waals surface area (Å²) in [6, 6.07) is 9.49. The predicted octanol–water partition coefficient (Wildman–Crippen LogP) is 3.45. The van der Waals surface area contributed by atoms with Crippen LogP contribution >= 0.6 is 0 Å². The van der Waals surface area contributed by atoms with Crippen molar-refractivity contribution in [2.75, 3.05) is 7.05 Å². The molecule has 7 heteroatoms. The predicted molar refractivity (Wildman–Crippen MR) is 119 cm³/mol. The summed E-state index contributed by atoms with van der Waals surface area (Å²) in [6.07, 6.45) is 7.46. The van der Waals surface area contributed by atoms with Gasteiger partial charge in [0.05, 0.1) is 12.0 Å². The van der Waals surface area contributed by atoms with E-state index in [1.807, 2.05) is 7.05 Å². The van der Waals surface area contributed by atoms with Gasteiger partial charge in [-0.05, 0) is 66.8 Å². The first kappa shape index (κ1) is 21.7. The Kier molecular flexibility index (Phi) is 5.51. The highest BCUT2D eigenvalue weighted by Crippen LogP contribution is 2.48. The molecular formula is C26H28FN3O3. The van der Waals surface area contributed by atoms with E-state index in [0.29, 0.717) is 17.4 Å². The first-order valence-electron chi connectivity index (χ1n) is 11.6. The molecular weight excluding hydrogens is 421 g/mol. The first-order valence-corrected chi connectivity index (χ1v) is 11.6. The van der Waals surface area contributed by atoms with E-state index in [1.165, 1.54) is 23.1 Å². The van der Waals surface area contributed by atoms with Gasteiger partial charge in [0.25, 0.3) is 0 Å². The van der Waals surface area contributed by atoms with Crippen molar-refractivity contribution in [2.24, 2.45) is 11.8 Å². The highest BCUT2D eigenvalue weighted by Gasteiger charge is 2.55. The van der Waals surface area contributed by atoms with E-state index >= 15 is 0 Å². The topological polar surface area (TPSA) is 70.6 Å². The normalized spacial score (nSPS) is 22.8. The standard InChI is InChI=1S/C26H28FN3O3/c1-29(24(18-7-8-18)19-9-10-19)22(31)13-26(20-5-2-6-21(27)12-20)14-23(32)30(25(26)33)16-17-4-3-11-28-15-17/h2-6,11-12,15,18-19,24H,7-10,13-14,16H2,1H3. The van der Waals surface area contributed by atoms with Crippen molar-refractivity contribution in [1.82, 2.24) is 14.8 Å². The minimum Gasteiger partial charge on any atom is -0.342 e. The largest absolute Gasteiger partial charge is 0.342 e. The molecule has 0 radical (unpaired) electrons. The van der Waals surface area contributed by atoms with E-state index in [0.717, 1.165) is 31.2 Å². The first-order chi connectivity index (χ1) is 15.9. The molecule has 1 atom stereocenters. The van der Waals surface area contributed by atoms with Crippen LogP contribution in [0.5, 0.6) is 0 Å². The third kappa shape index (κ3) is 4.16. The fraction of sp³-hybridized carbons (Fsp3) is 0.462. The van der Waals surface area contributed by atoms with E-state index in [9.17, 15) is 18.8 Å². The lowest BCUT2D eigenvalue weighted by Gasteiger charge is -2.33. The van der Waals surface area contributed by atoms with Gasteiger partial charge in [0.2, 0.25) is 17.7 Å². The smallest absolute Gasteiger partial charge is 0.241 e. The Bertz CT molecular complexity index is 1070. The van der Waals surface area contributed by atoms with Crippen molar-refractivity contribution in [3.63, 3.8) is 0 Å². The Labute approximate surface area is 192 Å². The van der Waals surface area contributed by atoms with E-state index in [2.05, 4.69) is 4.98 Å². The second-order valence-corrected chi connectivity index (χ2v) is 9.76. The average Bonchev–Trinajstić information content (AvgIpc) is 3.73. The number of amides is 3. The van der Waals surface area contributed by atoms with Crippen LogP contribution in [0, 0.1) is 17.7 Å². The van der Waals surface area contributed by atoms with Crippen LogP contribution < -0.4 is 0 Å². The molecule has 0 N–H and O–H groups in total. The highest BCUT2D eigenvalue weighted by molar-refractivity contribution is 6.10. The third-order valence-electron chi connectivity index (χ3n) is 7.35. The van der Waals surface area contributed by atoms with Gasteiger partial charge in [-0.3, -0.25) is 24.3 Å². The highest BCUT2D eigenvalue weighted by atomic mass is 19.1. The molecule has 1 aromatic heterocycles. The lowest BCUT2D eigenvalue weighted by molar-refractivity contribution is -0.143. The number of nitrogens with zero attached hydrogens (tertiary/aromatic N) is 3. The summed E-state index contributed by atoms with van der Waals surface area (Å²) in [7, 11) is 1.82. The van der Waals surface area contributed by atoms with Crippen molar-refractivity contribution in [2.45, 2.75) is 56.5 Å². The second-order valence-electron chi connectivity index (χ2n) is 9.76. The lowest BCUT2D eigenvalue weighted by Crippen LogP contribution is -2.46. The third-order valence-corrected chi connectivity index (χ3v) is 7.35. The molecule has 2 heterocycles. The Morgan fingerprint density at radius 1 is 1.18 bits per heavy atom. The number of imide groups is 1. The summed E-state index contributed by atoms with van der Waals surface area (Å²) in [5, 5.41) is 0. The zero-order chi connectivity index (χ0) is 23.2. The van der Waals surface area contributed by atoms with Crippen molar-refractivity contribution in [3.05, 3.63) is 65.7 Å². The molecule has 0 spiro atoms. The second kappa shape index (κ2) is 8.36. The molecule has 3 fully saturated rings. The molecule has 1 unspecified atom stereocenters. The Hall–Kier alpha value is -3.09. The summed E-state index contributed by atoms with van der Waals surface area (Å²) in [4.78, 5) is 47.4. The van der Waals surface area contributed by atoms with Crippen LogP contribution in [0.1, 0.15) is 49.7 Å². The molecule has 1 aliphatic heterocycles. The maximum atomic E-state index is 14.2. The molecule has 0 bridgehead atoms. The van der Waals surface area contributed by atoms with E-state index in [-0.39, 0.29) is 37.2 Å². The van der Waals surface area contributed by atoms with Crippen molar-refractivity contribution in [1.29, 1.82) is 0 Å². The molecule has 6 nitrogen and oxygen atoms in total. The van der Waals surface area contributed by atoms with Crippen LogP contribution in [-0.2, 0) is 26.3 Å². The summed E-state index contributed by atoms with van der Waals surface area (Å²) in [5.41, 5.74) is -0.296. The number of carbonyl (C=O) groups is 3. The van der Waals surface area contributed by atoms with Gasteiger partial charge in [-0.1, -0.05) is 18.2 Å².